The summed E-state index contributed by atoms with van der Waals surface area (Å²) in [5, 5.41) is 0. The molecule has 0 spiro atoms. The molecular weight excluding hydrogens is 330 g/mol. The van der Waals surface area contributed by atoms with Crippen LogP contribution in [-0.4, -0.2) is 17.4 Å². The smallest absolute Gasteiger partial charge is 0.254 e. The zero-order valence-electron chi connectivity index (χ0n) is 15.9. The van der Waals surface area contributed by atoms with Crippen LogP contribution in [0.5, 0.6) is 0 Å². The number of nitrogens with zero attached hydrogens (tertiary/aromatic N) is 1. The van der Waals surface area contributed by atoms with Crippen LogP contribution in [0.1, 0.15) is 58.4 Å². The third kappa shape index (κ3) is 3.40. The van der Waals surface area contributed by atoms with Crippen molar-refractivity contribution in [2.45, 2.75) is 32.2 Å². The standard InChI is InChI=1S/C25H25NO/c1-18(2)19-12-14-22(15-13-19)25(27)26-17-16-20-8-6-7-11-23(20)24(26)21-9-4-3-5-10-21/h3-15,18,24H,16-17H2,1-2H3. The minimum atomic E-state index is -0.0339. The summed E-state index contributed by atoms with van der Waals surface area (Å²) in [6, 6.07) is 26.9. The van der Waals surface area contributed by atoms with Crippen molar-refractivity contribution >= 4 is 5.91 Å². The molecule has 3 aromatic rings. The highest BCUT2D eigenvalue weighted by molar-refractivity contribution is 5.95. The van der Waals surface area contributed by atoms with Gasteiger partial charge in [-0.1, -0.05) is 80.6 Å². The topological polar surface area (TPSA) is 20.3 Å². The summed E-state index contributed by atoms with van der Waals surface area (Å²) in [5.74, 6) is 0.571. The highest BCUT2D eigenvalue weighted by Crippen LogP contribution is 2.36. The molecule has 1 aliphatic heterocycles. The van der Waals surface area contributed by atoms with Gasteiger partial charge in [0.2, 0.25) is 0 Å². The predicted molar refractivity (Wildman–Crippen MR) is 110 cm³/mol. The summed E-state index contributed by atoms with van der Waals surface area (Å²) in [6.45, 7) is 5.08. The van der Waals surface area contributed by atoms with Gasteiger partial charge in [0.1, 0.15) is 0 Å². The van der Waals surface area contributed by atoms with Gasteiger partial charge in [0.15, 0.2) is 0 Å². The SMILES string of the molecule is CC(C)c1ccc(C(=O)N2CCc3ccccc3C2c2ccccc2)cc1. The number of fused-ring (bicyclic) bond motifs is 1. The highest BCUT2D eigenvalue weighted by atomic mass is 16.2. The number of amides is 1. The van der Waals surface area contributed by atoms with Gasteiger partial charge in [-0.3, -0.25) is 4.79 Å². The summed E-state index contributed by atoms with van der Waals surface area (Å²) in [6.07, 6.45) is 0.898. The molecule has 0 fully saturated rings. The van der Waals surface area contributed by atoms with Crippen molar-refractivity contribution in [2.75, 3.05) is 6.54 Å². The minimum Gasteiger partial charge on any atom is -0.327 e. The Hall–Kier alpha value is -2.87. The van der Waals surface area contributed by atoms with E-state index in [2.05, 4.69) is 62.4 Å². The van der Waals surface area contributed by atoms with Gasteiger partial charge in [-0.05, 0) is 46.7 Å². The molecule has 0 N–H and O–H groups in total. The summed E-state index contributed by atoms with van der Waals surface area (Å²) in [7, 11) is 0. The molecule has 0 saturated heterocycles. The van der Waals surface area contributed by atoms with E-state index in [4.69, 9.17) is 0 Å². The van der Waals surface area contributed by atoms with E-state index in [9.17, 15) is 4.79 Å². The predicted octanol–water partition coefficient (Wildman–Crippen LogP) is 5.60. The van der Waals surface area contributed by atoms with Crippen LogP contribution in [0.25, 0.3) is 0 Å². The molecule has 0 saturated carbocycles. The molecule has 0 bridgehead atoms. The van der Waals surface area contributed by atoms with Gasteiger partial charge in [-0.15, -0.1) is 0 Å². The van der Waals surface area contributed by atoms with E-state index in [0.717, 1.165) is 24.1 Å². The number of carbonyl (C=O) groups excluding carboxylic acids is 1. The fourth-order valence-electron chi connectivity index (χ4n) is 3.96. The van der Waals surface area contributed by atoms with Gasteiger partial charge in [-0.2, -0.15) is 0 Å². The van der Waals surface area contributed by atoms with Crippen LogP contribution in [0.4, 0.5) is 0 Å². The molecule has 1 aliphatic rings. The lowest BCUT2D eigenvalue weighted by atomic mass is 9.87. The van der Waals surface area contributed by atoms with E-state index < -0.39 is 0 Å². The highest BCUT2D eigenvalue weighted by Gasteiger charge is 2.32. The molecule has 0 aromatic heterocycles. The number of rotatable bonds is 3. The van der Waals surface area contributed by atoms with Crippen LogP contribution in [0.15, 0.2) is 78.9 Å². The van der Waals surface area contributed by atoms with Crippen molar-refractivity contribution < 1.29 is 4.79 Å². The molecule has 1 heterocycles. The van der Waals surface area contributed by atoms with Crippen LogP contribution in [0.3, 0.4) is 0 Å². The van der Waals surface area contributed by atoms with E-state index in [1.54, 1.807) is 0 Å². The summed E-state index contributed by atoms with van der Waals surface area (Å²) >= 11 is 0. The average molecular weight is 355 g/mol. The molecule has 0 radical (unpaired) electrons. The molecule has 1 atom stereocenters. The Bertz CT molecular complexity index is 928. The van der Waals surface area contributed by atoms with Crippen LogP contribution in [0.2, 0.25) is 0 Å². The molecule has 1 unspecified atom stereocenters. The molecule has 27 heavy (non-hydrogen) atoms. The van der Waals surface area contributed by atoms with Crippen molar-refractivity contribution in [3.63, 3.8) is 0 Å². The number of benzene rings is 3. The van der Waals surface area contributed by atoms with Crippen molar-refractivity contribution in [1.29, 1.82) is 0 Å². The summed E-state index contributed by atoms with van der Waals surface area (Å²) in [4.78, 5) is 15.4. The van der Waals surface area contributed by atoms with Crippen molar-refractivity contribution in [1.82, 2.24) is 4.90 Å². The summed E-state index contributed by atoms with van der Waals surface area (Å²) < 4.78 is 0. The molecule has 4 rings (SSSR count). The zero-order chi connectivity index (χ0) is 18.8. The maximum absolute atomic E-state index is 13.4. The minimum absolute atomic E-state index is 0.0339. The van der Waals surface area contributed by atoms with E-state index in [-0.39, 0.29) is 11.9 Å². The first kappa shape index (κ1) is 17.5. The second-order valence-corrected chi connectivity index (χ2v) is 7.54. The Kier molecular flexibility index (Phi) is 4.81. The molecular formula is C25H25NO. The van der Waals surface area contributed by atoms with Gasteiger partial charge in [0, 0.05) is 12.1 Å². The fraction of sp³-hybridized carbons (Fsp3) is 0.240. The van der Waals surface area contributed by atoms with Gasteiger partial charge in [0.25, 0.3) is 5.91 Å². The second-order valence-electron chi connectivity index (χ2n) is 7.54. The van der Waals surface area contributed by atoms with Crippen LogP contribution in [0, 0.1) is 0 Å². The van der Waals surface area contributed by atoms with Gasteiger partial charge < -0.3 is 4.90 Å². The van der Waals surface area contributed by atoms with Crippen molar-refractivity contribution in [3.05, 3.63) is 107 Å². The van der Waals surface area contributed by atoms with E-state index in [0.29, 0.717) is 5.92 Å². The van der Waals surface area contributed by atoms with E-state index >= 15 is 0 Å². The van der Waals surface area contributed by atoms with E-state index in [1.165, 1.54) is 16.7 Å². The molecule has 2 nitrogen and oxygen atoms in total. The Labute approximate surface area is 161 Å². The first-order chi connectivity index (χ1) is 13.1. The van der Waals surface area contributed by atoms with Crippen molar-refractivity contribution in [2.24, 2.45) is 0 Å². The first-order valence-corrected chi connectivity index (χ1v) is 9.69. The molecule has 3 aromatic carbocycles. The molecule has 136 valence electrons. The Morgan fingerprint density at radius 3 is 2.26 bits per heavy atom. The average Bonchev–Trinajstić information content (AvgIpc) is 2.73. The maximum atomic E-state index is 13.4. The normalized spacial score (nSPS) is 16.3. The lowest BCUT2D eigenvalue weighted by Gasteiger charge is -2.38. The molecule has 0 aliphatic carbocycles. The number of carbonyl (C=O) groups is 1. The molecule has 1 amide bonds. The zero-order valence-corrected chi connectivity index (χ0v) is 15.9. The third-order valence-corrected chi connectivity index (χ3v) is 5.48. The third-order valence-electron chi connectivity index (χ3n) is 5.48. The summed E-state index contributed by atoms with van der Waals surface area (Å²) in [5.41, 5.74) is 5.76. The van der Waals surface area contributed by atoms with Crippen LogP contribution < -0.4 is 0 Å². The number of hydrogen-bond acceptors (Lipinski definition) is 1. The second kappa shape index (κ2) is 7.40. The lowest BCUT2D eigenvalue weighted by molar-refractivity contribution is 0.0694. The molecule has 2 heteroatoms. The fourth-order valence-corrected chi connectivity index (χ4v) is 3.96. The van der Waals surface area contributed by atoms with Gasteiger partial charge in [-0.25, -0.2) is 0 Å². The maximum Gasteiger partial charge on any atom is 0.254 e. The quantitative estimate of drug-likeness (QED) is 0.599. The first-order valence-electron chi connectivity index (χ1n) is 9.69. The van der Waals surface area contributed by atoms with Crippen molar-refractivity contribution in [3.8, 4) is 0 Å². The largest absolute Gasteiger partial charge is 0.327 e. The lowest BCUT2D eigenvalue weighted by Crippen LogP contribution is -2.40. The Morgan fingerprint density at radius 1 is 0.889 bits per heavy atom. The van der Waals surface area contributed by atoms with E-state index in [1.807, 2.05) is 35.2 Å². The van der Waals surface area contributed by atoms with Gasteiger partial charge in [0.05, 0.1) is 6.04 Å². The van der Waals surface area contributed by atoms with Crippen LogP contribution in [-0.2, 0) is 6.42 Å². The Morgan fingerprint density at radius 2 is 1.56 bits per heavy atom. The van der Waals surface area contributed by atoms with Gasteiger partial charge >= 0.3 is 0 Å². The monoisotopic (exact) mass is 355 g/mol. The number of hydrogen-bond donors (Lipinski definition) is 0. The van der Waals surface area contributed by atoms with Crippen LogP contribution >= 0.6 is 0 Å². The Balaban J connectivity index is 1.73.